The number of H-pyrrole nitrogens is 1. The quantitative estimate of drug-likeness (QED) is 0.848. The molecule has 17 heavy (non-hydrogen) atoms. The van der Waals surface area contributed by atoms with Crippen LogP contribution in [0.3, 0.4) is 0 Å². The Morgan fingerprint density at radius 1 is 1.41 bits per heavy atom. The second kappa shape index (κ2) is 5.25. The summed E-state index contributed by atoms with van der Waals surface area (Å²) >= 11 is 5.20. The first-order valence-corrected chi connectivity index (χ1v) is 5.62. The van der Waals surface area contributed by atoms with E-state index >= 15 is 0 Å². The van der Waals surface area contributed by atoms with E-state index in [1.165, 1.54) is 12.1 Å². The van der Waals surface area contributed by atoms with E-state index in [2.05, 4.69) is 5.10 Å². The number of nitrogens with zero attached hydrogens (tertiary/aromatic N) is 1. The molecule has 0 fully saturated rings. The van der Waals surface area contributed by atoms with Crippen LogP contribution >= 0.6 is 12.2 Å². The minimum atomic E-state index is -0.238. The van der Waals surface area contributed by atoms with Gasteiger partial charge < -0.3 is 4.74 Å². The average Bonchev–Trinajstić information content (AvgIpc) is 2.60. The van der Waals surface area contributed by atoms with Gasteiger partial charge in [-0.1, -0.05) is 24.4 Å². The minimum absolute atomic E-state index is 0.238. The molecule has 90 valence electrons. The summed E-state index contributed by atoms with van der Waals surface area (Å²) in [5, 5.41) is 3.12. The first-order chi connectivity index (χ1) is 8.19. The van der Waals surface area contributed by atoms with Gasteiger partial charge in [0.25, 0.3) is 0 Å². The van der Waals surface area contributed by atoms with Crippen LogP contribution in [0.4, 0.5) is 4.39 Å². The van der Waals surface area contributed by atoms with Crippen LogP contribution in [-0.2, 0) is 17.9 Å². The van der Waals surface area contributed by atoms with Gasteiger partial charge in [0.15, 0.2) is 0 Å². The molecular weight excluding hydrogens is 239 g/mol. The third-order valence-electron chi connectivity index (χ3n) is 2.37. The molecule has 0 saturated carbocycles. The molecule has 0 aliphatic carbocycles. The normalized spacial score (nSPS) is 10.7. The summed E-state index contributed by atoms with van der Waals surface area (Å²) in [6.07, 6.45) is 0. The molecule has 0 bridgehead atoms. The van der Waals surface area contributed by atoms with Crippen molar-refractivity contribution in [2.24, 2.45) is 0 Å². The zero-order chi connectivity index (χ0) is 12.3. The van der Waals surface area contributed by atoms with Crippen LogP contribution in [0.15, 0.2) is 30.3 Å². The van der Waals surface area contributed by atoms with Gasteiger partial charge in [0.05, 0.1) is 18.8 Å². The number of benzene rings is 1. The van der Waals surface area contributed by atoms with E-state index in [9.17, 15) is 4.39 Å². The molecule has 5 heteroatoms. The molecule has 2 rings (SSSR count). The SMILES string of the molecule is COCc1cc(=S)n(Cc2cccc(F)c2)[nH]1. The average molecular weight is 252 g/mol. The van der Waals surface area contributed by atoms with Crippen LogP contribution in [0, 0.1) is 10.5 Å². The van der Waals surface area contributed by atoms with E-state index in [-0.39, 0.29) is 5.82 Å². The van der Waals surface area contributed by atoms with Gasteiger partial charge in [-0.2, -0.15) is 0 Å². The number of hydrogen-bond acceptors (Lipinski definition) is 2. The van der Waals surface area contributed by atoms with Crippen molar-refractivity contribution < 1.29 is 9.13 Å². The third-order valence-corrected chi connectivity index (χ3v) is 2.71. The summed E-state index contributed by atoms with van der Waals surface area (Å²) in [5.41, 5.74) is 1.78. The number of aromatic amines is 1. The number of rotatable bonds is 4. The fraction of sp³-hybridized carbons (Fsp3) is 0.250. The Kier molecular flexibility index (Phi) is 3.71. The van der Waals surface area contributed by atoms with Gasteiger partial charge in [0, 0.05) is 7.11 Å². The van der Waals surface area contributed by atoms with E-state index in [1.54, 1.807) is 17.9 Å². The highest BCUT2D eigenvalue weighted by Gasteiger charge is 2.02. The first kappa shape index (κ1) is 12.0. The molecule has 1 heterocycles. The predicted molar refractivity (Wildman–Crippen MR) is 65.8 cm³/mol. The molecule has 0 spiro atoms. The molecule has 3 nitrogen and oxygen atoms in total. The van der Waals surface area contributed by atoms with Crippen LogP contribution in [0.5, 0.6) is 0 Å². The fourth-order valence-corrected chi connectivity index (χ4v) is 1.90. The third kappa shape index (κ3) is 3.01. The molecule has 0 aliphatic heterocycles. The highest BCUT2D eigenvalue weighted by Crippen LogP contribution is 2.08. The molecule has 0 aliphatic rings. The van der Waals surface area contributed by atoms with E-state index in [4.69, 9.17) is 17.0 Å². The van der Waals surface area contributed by atoms with Crippen molar-refractivity contribution in [2.75, 3.05) is 7.11 Å². The summed E-state index contributed by atoms with van der Waals surface area (Å²) in [4.78, 5) is 0. The van der Waals surface area contributed by atoms with Gasteiger partial charge in [0.2, 0.25) is 0 Å². The Morgan fingerprint density at radius 2 is 2.24 bits per heavy atom. The smallest absolute Gasteiger partial charge is 0.123 e. The number of aromatic nitrogens is 2. The standard InChI is InChI=1S/C12H13FN2OS/c1-16-8-11-6-12(17)15(14-11)7-9-3-2-4-10(13)5-9/h2-6,14H,7-8H2,1H3. The molecule has 0 unspecified atom stereocenters. The monoisotopic (exact) mass is 252 g/mol. The number of halogens is 1. The van der Waals surface area contributed by atoms with Gasteiger partial charge in [-0.25, -0.2) is 4.39 Å². The first-order valence-electron chi connectivity index (χ1n) is 5.21. The Morgan fingerprint density at radius 3 is 2.94 bits per heavy atom. The molecule has 0 radical (unpaired) electrons. The zero-order valence-corrected chi connectivity index (χ0v) is 10.3. The molecule has 0 amide bonds. The largest absolute Gasteiger partial charge is 0.378 e. The second-order valence-electron chi connectivity index (χ2n) is 3.77. The predicted octanol–water partition coefficient (Wildman–Crippen LogP) is 2.88. The van der Waals surface area contributed by atoms with Crippen molar-refractivity contribution in [3.8, 4) is 0 Å². The van der Waals surface area contributed by atoms with Gasteiger partial charge in [-0.3, -0.25) is 9.78 Å². The molecule has 1 aromatic carbocycles. The number of hydrogen-bond donors (Lipinski definition) is 1. The van der Waals surface area contributed by atoms with Crippen molar-refractivity contribution in [1.29, 1.82) is 0 Å². The topological polar surface area (TPSA) is 29.9 Å². The number of ether oxygens (including phenoxy) is 1. The number of methoxy groups -OCH3 is 1. The van der Waals surface area contributed by atoms with Crippen molar-refractivity contribution in [3.63, 3.8) is 0 Å². The van der Waals surface area contributed by atoms with Crippen LogP contribution < -0.4 is 0 Å². The summed E-state index contributed by atoms with van der Waals surface area (Å²) < 4.78 is 20.5. The summed E-state index contributed by atoms with van der Waals surface area (Å²) in [6, 6.07) is 8.32. The van der Waals surface area contributed by atoms with Crippen LogP contribution in [0.2, 0.25) is 0 Å². The lowest BCUT2D eigenvalue weighted by molar-refractivity contribution is 0.181. The van der Waals surface area contributed by atoms with Gasteiger partial charge in [0.1, 0.15) is 10.5 Å². The molecular formula is C12H13FN2OS. The Balaban J connectivity index is 2.21. The Labute approximate surface area is 104 Å². The molecule has 0 atom stereocenters. The van der Waals surface area contributed by atoms with Crippen LogP contribution in [0.25, 0.3) is 0 Å². The molecule has 1 N–H and O–H groups in total. The maximum absolute atomic E-state index is 13.0. The van der Waals surface area contributed by atoms with Crippen LogP contribution in [-0.4, -0.2) is 16.9 Å². The fourth-order valence-electron chi connectivity index (χ4n) is 1.65. The zero-order valence-electron chi connectivity index (χ0n) is 9.44. The minimum Gasteiger partial charge on any atom is -0.378 e. The van der Waals surface area contributed by atoms with Crippen molar-refractivity contribution in [2.45, 2.75) is 13.2 Å². The Bertz CT molecular complexity index is 562. The summed E-state index contributed by atoms with van der Waals surface area (Å²) in [5.74, 6) is -0.238. The number of nitrogens with one attached hydrogen (secondary N) is 1. The second-order valence-corrected chi connectivity index (χ2v) is 4.19. The lowest BCUT2D eigenvalue weighted by Crippen LogP contribution is -2.03. The van der Waals surface area contributed by atoms with Crippen molar-refractivity contribution in [3.05, 3.63) is 52.0 Å². The maximum Gasteiger partial charge on any atom is 0.123 e. The molecule has 1 aromatic heterocycles. The lowest BCUT2D eigenvalue weighted by atomic mass is 10.2. The highest BCUT2D eigenvalue weighted by atomic mass is 32.1. The van der Waals surface area contributed by atoms with E-state index < -0.39 is 0 Å². The van der Waals surface area contributed by atoms with Gasteiger partial charge in [-0.05, 0) is 23.8 Å². The van der Waals surface area contributed by atoms with Crippen molar-refractivity contribution in [1.82, 2.24) is 9.78 Å². The van der Waals surface area contributed by atoms with Gasteiger partial charge in [-0.15, -0.1) is 0 Å². The Hall–Kier alpha value is -1.46. The summed E-state index contributed by atoms with van der Waals surface area (Å²) in [7, 11) is 1.63. The molecule has 0 saturated heterocycles. The summed E-state index contributed by atoms with van der Waals surface area (Å²) in [6.45, 7) is 1.01. The highest BCUT2D eigenvalue weighted by molar-refractivity contribution is 7.71. The molecule has 2 aromatic rings. The van der Waals surface area contributed by atoms with E-state index in [0.717, 1.165) is 11.3 Å². The van der Waals surface area contributed by atoms with Crippen LogP contribution in [0.1, 0.15) is 11.3 Å². The maximum atomic E-state index is 13.0. The van der Waals surface area contributed by atoms with Crippen molar-refractivity contribution >= 4 is 12.2 Å². The lowest BCUT2D eigenvalue weighted by Gasteiger charge is -2.03. The van der Waals surface area contributed by atoms with E-state index in [1.807, 2.05) is 12.1 Å². The van der Waals surface area contributed by atoms with Gasteiger partial charge >= 0.3 is 0 Å². The van der Waals surface area contributed by atoms with E-state index in [0.29, 0.717) is 17.8 Å².